The van der Waals surface area contributed by atoms with Gasteiger partial charge in [-0.1, -0.05) is 18.9 Å². The monoisotopic (exact) mass is 397 g/mol. The predicted octanol–water partition coefficient (Wildman–Crippen LogP) is 2.05. The topological polar surface area (TPSA) is 70.2 Å². The van der Waals surface area contributed by atoms with E-state index in [9.17, 15) is 14.4 Å². The highest BCUT2D eigenvalue weighted by molar-refractivity contribution is 6.24. The van der Waals surface area contributed by atoms with Crippen LogP contribution in [0, 0.1) is 0 Å². The lowest BCUT2D eigenvalue weighted by atomic mass is 10.1. The Balaban J connectivity index is 1.33. The number of carbonyl (C=O) groups is 3. The zero-order valence-electron chi connectivity index (χ0n) is 16.6. The lowest BCUT2D eigenvalue weighted by Gasteiger charge is -2.37. The van der Waals surface area contributed by atoms with Gasteiger partial charge in [0.2, 0.25) is 0 Å². The number of rotatable bonds is 3. The minimum atomic E-state index is -0.290. The summed E-state index contributed by atoms with van der Waals surface area (Å²) in [6.45, 7) is 3.19. The highest BCUT2D eigenvalue weighted by Crippen LogP contribution is 2.36. The van der Waals surface area contributed by atoms with Gasteiger partial charge in [-0.25, -0.2) is 0 Å². The van der Waals surface area contributed by atoms with Gasteiger partial charge in [0.05, 0.1) is 16.8 Å². The van der Waals surface area contributed by atoms with Crippen LogP contribution in [0.3, 0.4) is 0 Å². The molecule has 3 fully saturated rings. The Kier molecular flexibility index (Phi) is 4.78. The Bertz CT molecular complexity index is 834. The molecular formula is C22H27N3O4. The zero-order chi connectivity index (χ0) is 20.0. The first kappa shape index (κ1) is 18.6. The summed E-state index contributed by atoms with van der Waals surface area (Å²) in [5.41, 5.74) is 1.89. The Morgan fingerprint density at radius 1 is 0.931 bits per heavy atom. The number of anilines is 1. The molecular weight excluding hydrogens is 370 g/mol. The molecule has 4 aliphatic rings. The van der Waals surface area contributed by atoms with E-state index in [1.165, 1.54) is 4.90 Å². The van der Waals surface area contributed by atoms with E-state index in [1.807, 2.05) is 17.0 Å². The smallest absolute Gasteiger partial charge is 0.263 e. The quantitative estimate of drug-likeness (QED) is 0.730. The molecule has 1 atom stereocenters. The van der Waals surface area contributed by atoms with Crippen LogP contribution in [0.5, 0.6) is 0 Å². The molecule has 1 aromatic carbocycles. The molecule has 7 heteroatoms. The van der Waals surface area contributed by atoms with Gasteiger partial charge in [-0.05, 0) is 37.8 Å². The Labute approximate surface area is 170 Å². The molecule has 3 heterocycles. The molecule has 0 radical (unpaired) electrons. The third-order valence-corrected chi connectivity index (χ3v) is 6.75. The van der Waals surface area contributed by atoms with E-state index in [2.05, 4.69) is 4.90 Å². The van der Waals surface area contributed by atoms with Crippen LogP contribution in [0.15, 0.2) is 18.2 Å². The van der Waals surface area contributed by atoms with Crippen molar-refractivity contribution in [2.24, 2.45) is 0 Å². The number of piperazine rings is 1. The summed E-state index contributed by atoms with van der Waals surface area (Å²) in [5, 5.41) is 0. The van der Waals surface area contributed by atoms with E-state index in [4.69, 9.17) is 4.74 Å². The number of carbonyl (C=O) groups excluding carboxylic acids is 3. The van der Waals surface area contributed by atoms with Crippen LogP contribution in [0.2, 0.25) is 0 Å². The minimum Gasteiger partial charge on any atom is -0.368 e. The number of amides is 3. The number of ether oxygens (including phenoxy) is 1. The van der Waals surface area contributed by atoms with Crippen LogP contribution >= 0.6 is 0 Å². The fraction of sp³-hybridized carbons (Fsp3) is 0.591. The SMILES string of the molecule is O=C([C@@H]1CCCO1)N1CCN(c2cccc3c2C(=O)N(C2CCCC2)C3=O)CC1. The lowest BCUT2D eigenvalue weighted by Crippen LogP contribution is -2.51. The maximum Gasteiger partial charge on any atom is 0.263 e. The highest BCUT2D eigenvalue weighted by Gasteiger charge is 2.43. The van der Waals surface area contributed by atoms with Crippen molar-refractivity contribution in [2.45, 2.75) is 50.7 Å². The summed E-state index contributed by atoms with van der Waals surface area (Å²) in [6.07, 6.45) is 5.42. The van der Waals surface area contributed by atoms with E-state index in [0.717, 1.165) is 44.2 Å². The predicted molar refractivity (Wildman–Crippen MR) is 107 cm³/mol. The van der Waals surface area contributed by atoms with Gasteiger partial charge in [-0.15, -0.1) is 0 Å². The minimum absolute atomic E-state index is 0.0381. The van der Waals surface area contributed by atoms with Gasteiger partial charge in [0.1, 0.15) is 6.10 Å². The third-order valence-electron chi connectivity index (χ3n) is 6.75. The number of benzene rings is 1. The van der Waals surface area contributed by atoms with Crippen molar-refractivity contribution in [3.8, 4) is 0 Å². The zero-order valence-corrected chi connectivity index (χ0v) is 16.6. The molecule has 0 bridgehead atoms. The Morgan fingerprint density at radius 3 is 2.38 bits per heavy atom. The van der Waals surface area contributed by atoms with Crippen molar-refractivity contribution in [2.75, 3.05) is 37.7 Å². The number of fused-ring (bicyclic) bond motifs is 1. The molecule has 1 aromatic rings. The molecule has 0 spiro atoms. The standard InChI is InChI=1S/C22H27N3O4/c26-20-16-7-3-8-17(19(16)22(28)25(20)15-5-1-2-6-15)23-10-12-24(13-11-23)21(27)18-9-4-14-29-18/h3,7-8,15,18H,1-2,4-6,9-14H2/t18-/m0/s1. The first-order valence-electron chi connectivity index (χ1n) is 10.8. The van der Waals surface area contributed by atoms with Gasteiger partial charge in [0.25, 0.3) is 17.7 Å². The molecule has 29 heavy (non-hydrogen) atoms. The summed E-state index contributed by atoms with van der Waals surface area (Å²) in [6, 6.07) is 5.60. The summed E-state index contributed by atoms with van der Waals surface area (Å²) in [4.78, 5) is 44.2. The molecule has 0 unspecified atom stereocenters. The van der Waals surface area contributed by atoms with E-state index in [-0.39, 0.29) is 29.9 Å². The molecule has 7 nitrogen and oxygen atoms in total. The molecule has 0 N–H and O–H groups in total. The average molecular weight is 397 g/mol. The van der Waals surface area contributed by atoms with E-state index in [1.54, 1.807) is 6.07 Å². The molecule has 154 valence electrons. The third kappa shape index (κ3) is 3.12. The summed E-state index contributed by atoms with van der Waals surface area (Å²) < 4.78 is 5.53. The van der Waals surface area contributed by atoms with E-state index >= 15 is 0 Å². The fourth-order valence-corrected chi connectivity index (χ4v) is 5.19. The average Bonchev–Trinajstić information content (AvgIpc) is 3.50. The van der Waals surface area contributed by atoms with Crippen molar-refractivity contribution < 1.29 is 19.1 Å². The summed E-state index contributed by atoms with van der Waals surface area (Å²) in [7, 11) is 0. The van der Waals surface area contributed by atoms with Crippen molar-refractivity contribution in [1.29, 1.82) is 0 Å². The normalized spacial score (nSPS) is 25.2. The maximum absolute atomic E-state index is 13.2. The molecule has 3 amide bonds. The summed E-state index contributed by atoms with van der Waals surface area (Å²) >= 11 is 0. The molecule has 3 aliphatic heterocycles. The molecule has 0 aromatic heterocycles. The molecule has 5 rings (SSSR count). The van der Waals surface area contributed by atoms with Crippen LogP contribution in [0.25, 0.3) is 0 Å². The van der Waals surface area contributed by atoms with Crippen LogP contribution in [-0.2, 0) is 9.53 Å². The first-order valence-corrected chi connectivity index (χ1v) is 10.8. The largest absolute Gasteiger partial charge is 0.368 e. The molecule has 1 saturated carbocycles. The summed E-state index contributed by atoms with van der Waals surface area (Å²) in [5.74, 6) is -0.213. The van der Waals surface area contributed by atoms with Crippen molar-refractivity contribution in [3.05, 3.63) is 29.3 Å². The number of imide groups is 1. The van der Waals surface area contributed by atoms with Gasteiger partial charge in [0.15, 0.2) is 0 Å². The molecule has 2 saturated heterocycles. The maximum atomic E-state index is 13.2. The van der Waals surface area contributed by atoms with Gasteiger partial charge in [-0.2, -0.15) is 0 Å². The second-order valence-corrected chi connectivity index (χ2v) is 8.43. The number of nitrogens with zero attached hydrogens (tertiary/aromatic N) is 3. The van der Waals surface area contributed by atoms with E-state index in [0.29, 0.717) is 43.9 Å². The van der Waals surface area contributed by atoms with Crippen LogP contribution in [0.4, 0.5) is 5.69 Å². The highest BCUT2D eigenvalue weighted by atomic mass is 16.5. The van der Waals surface area contributed by atoms with Crippen molar-refractivity contribution in [3.63, 3.8) is 0 Å². The number of hydrogen-bond acceptors (Lipinski definition) is 5. The second kappa shape index (κ2) is 7.44. The van der Waals surface area contributed by atoms with Crippen molar-refractivity contribution >= 4 is 23.4 Å². The van der Waals surface area contributed by atoms with Crippen LogP contribution < -0.4 is 4.90 Å². The van der Waals surface area contributed by atoms with Crippen LogP contribution in [-0.4, -0.2) is 72.5 Å². The van der Waals surface area contributed by atoms with E-state index < -0.39 is 0 Å². The Hall–Kier alpha value is -2.41. The number of hydrogen-bond donors (Lipinski definition) is 0. The molecule has 1 aliphatic carbocycles. The van der Waals surface area contributed by atoms with Crippen molar-refractivity contribution in [1.82, 2.24) is 9.80 Å². The van der Waals surface area contributed by atoms with Gasteiger partial charge in [0, 0.05) is 38.8 Å². The first-order chi connectivity index (χ1) is 14.1. The van der Waals surface area contributed by atoms with Gasteiger partial charge in [-0.3, -0.25) is 19.3 Å². The van der Waals surface area contributed by atoms with Gasteiger partial charge < -0.3 is 14.5 Å². The Morgan fingerprint density at radius 2 is 1.69 bits per heavy atom. The second-order valence-electron chi connectivity index (χ2n) is 8.43. The fourth-order valence-electron chi connectivity index (χ4n) is 5.19. The van der Waals surface area contributed by atoms with Gasteiger partial charge >= 0.3 is 0 Å². The van der Waals surface area contributed by atoms with Crippen LogP contribution in [0.1, 0.15) is 59.2 Å². The lowest BCUT2D eigenvalue weighted by molar-refractivity contribution is -0.141.